The largest absolute Gasteiger partial charge is 0.464 e. The van der Waals surface area contributed by atoms with Gasteiger partial charge in [-0.1, -0.05) is 17.7 Å². The molecule has 1 aromatic carbocycles. The van der Waals surface area contributed by atoms with E-state index in [0.29, 0.717) is 16.6 Å². The van der Waals surface area contributed by atoms with Crippen molar-refractivity contribution in [2.75, 3.05) is 11.9 Å². The van der Waals surface area contributed by atoms with E-state index in [1.54, 1.807) is 46.0 Å². The molecule has 0 aliphatic rings. The maximum absolute atomic E-state index is 12.2. The summed E-state index contributed by atoms with van der Waals surface area (Å²) >= 11 is 6.15. The van der Waals surface area contributed by atoms with Crippen molar-refractivity contribution < 1.29 is 19.4 Å². The second-order valence-electron chi connectivity index (χ2n) is 5.84. The van der Waals surface area contributed by atoms with E-state index in [2.05, 4.69) is 0 Å². The minimum absolute atomic E-state index is 0.253. The summed E-state index contributed by atoms with van der Waals surface area (Å²) in [5.41, 5.74) is 0.262. The molecule has 1 heterocycles. The number of aromatic nitrogens is 1. The van der Waals surface area contributed by atoms with Crippen LogP contribution in [0.1, 0.15) is 20.8 Å². The molecule has 2 rings (SSSR count). The molecule has 22 heavy (non-hydrogen) atoms. The normalized spacial score (nSPS) is 11.5. The number of fused-ring (bicyclic) bond motifs is 1. The van der Waals surface area contributed by atoms with Gasteiger partial charge >= 0.3 is 12.2 Å². The first-order valence-corrected chi connectivity index (χ1v) is 6.99. The van der Waals surface area contributed by atoms with Crippen molar-refractivity contribution in [3.05, 3.63) is 29.4 Å². The van der Waals surface area contributed by atoms with Crippen molar-refractivity contribution in [2.24, 2.45) is 0 Å². The predicted octanol–water partition coefficient (Wildman–Crippen LogP) is 4.19. The quantitative estimate of drug-likeness (QED) is 0.853. The number of ether oxygens (including phenoxy) is 1. The monoisotopic (exact) mass is 324 g/mol. The van der Waals surface area contributed by atoms with Gasteiger partial charge in [0.2, 0.25) is 0 Å². The van der Waals surface area contributed by atoms with Crippen LogP contribution >= 0.6 is 11.6 Å². The van der Waals surface area contributed by atoms with Crippen LogP contribution in [0.5, 0.6) is 0 Å². The highest BCUT2D eigenvalue weighted by Crippen LogP contribution is 2.34. The average Bonchev–Trinajstić information content (AvgIpc) is 2.74. The smallest absolute Gasteiger partial charge is 0.416 e. The third kappa shape index (κ3) is 3.01. The van der Waals surface area contributed by atoms with Crippen LogP contribution in [0, 0.1) is 0 Å². The first kappa shape index (κ1) is 16.2. The molecular weight excluding hydrogens is 308 g/mol. The van der Waals surface area contributed by atoms with E-state index in [-0.39, 0.29) is 5.02 Å². The van der Waals surface area contributed by atoms with Gasteiger partial charge in [-0.15, -0.1) is 0 Å². The molecule has 0 bridgehead atoms. The van der Waals surface area contributed by atoms with E-state index >= 15 is 0 Å². The molecule has 0 aliphatic heterocycles. The highest BCUT2D eigenvalue weighted by atomic mass is 35.5. The number of amides is 1. The molecule has 7 heteroatoms. The van der Waals surface area contributed by atoms with Crippen molar-refractivity contribution in [3.8, 4) is 0 Å². The maximum Gasteiger partial charge on any atom is 0.416 e. The Bertz CT molecular complexity index is 746. The van der Waals surface area contributed by atoms with Crippen molar-refractivity contribution in [2.45, 2.75) is 26.4 Å². The van der Waals surface area contributed by atoms with Crippen LogP contribution in [0.4, 0.5) is 15.3 Å². The lowest BCUT2D eigenvalue weighted by molar-refractivity contribution is 0.0589. The summed E-state index contributed by atoms with van der Waals surface area (Å²) in [6, 6.07) is 4.97. The molecular formula is C15H17ClN2O4. The zero-order valence-corrected chi connectivity index (χ0v) is 13.5. The lowest BCUT2D eigenvalue weighted by Gasteiger charge is -2.25. The number of carbonyl (C=O) groups excluding carboxylic acids is 1. The molecule has 0 atom stereocenters. The van der Waals surface area contributed by atoms with Gasteiger partial charge in [-0.25, -0.2) is 9.59 Å². The van der Waals surface area contributed by atoms with E-state index in [1.807, 2.05) is 0 Å². The minimum Gasteiger partial charge on any atom is -0.464 e. The highest BCUT2D eigenvalue weighted by molar-refractivity contribution is 6.37. The van der Waals surface area contributed by atoms with Crippen LogP contribution in [-0.2, 0) is 4.74 Å². The van der Waals surface area contributed by atoms with E-state index < -0.39 is 17.8 Å². The summed E-state index contributed by atoms with van der Waals surface area (Å²) in [6.45, 7) is 5.31. The molecule has 118 valence electrons. The highest BCUT2D eigenvalue weighted by Gasteiger charge is 2.24. The Morgan fingerprint density at radius 3 is 2.50 bits per heavy atom. The van der Waals surface area contributed by atoms with Crippen molar-refractivity contribution in [1.29, 1.82) is 0 Å². The Labute approximate surface area is 132 Å². The molecule has 0 aliphatic carbocycles. The number of nitrogens with zero attached hydrogens (tertiary/aromatic N) is 2. The van der Waals surface area contributed by atoms with E-state index in [1.165, 1.54) is 11.1 Å². The number of carboxylic acid groups (broad SMARTS) is 1. The summed E-state index contributed by atoms with van der Waals surface area (Å²) in [5.74, 6) is 0. The zero-order valence-electron chi connectivity index (χ0n) is 12.8. The Hall–Kier alpha value is -2.21. The van der Waals surface area contributed by atoms with Gasteiger partial charge in [0.25, 0.3) is 0 Å². The molecule has 0 fully saturated rings. The molecule has 0 saturated carbocycles. The van der Waals surface area contributed by atoms with Crippen LogP contribution < -0.4 is 4.90 Å². The average molecular weight is 325 g/mol. The summed E-state index contributed by atoms with van der Waals surface area (Å²) in [6.07, 6.45) is -0.380. The Kier molecular flexibility index (Phi) is 4.06. The molecule has 1 N–H and O–H groups in total. The van der Waals surface area contributed by atoms with E-state index in [9.17, 15) is 14.7 Å². The summed E-state index contributed by atoms with van der Waals surface area (Å²) in [4.78, 5) is 24.7. The Morgan fingerprint density at radius 2 is 1.95 bits per heavy atom. The molecule has 0 spiro atoms. The fourth-order valence-electron chi connectivity index (χ4n) is 2.09. The maximum atomic E-state index is 12.2. The number of hydrogen-bond donors (Lipinski definition) is 1. The SMILES string of the molecule is CN(C(=O)OC(C)(C)C)c1cccc2c1c(Cl)cn2C(=O)O. The van der Waals surface area contributed by atoms with Gasteiger partial charge in [0.15, 0.2) is 0 Å². The lowest BCUT2D eigenvalue weighted by Crippen LogP contribution is -2.34. The molecule has 1 aromatic heterocycles. The first-order valence-electron chi connectivity index (χ1n) is 6.61. The van der Waals surface area contributed by atoms with Gasteiger partial charge in [-0.3, -0.25) is 9.47 Å². The zero-order chi connectivity index (χ0) is 16.7. The number of anilines is 1. The van der Waals surface area contributed by atoms with Gasteiger partial charge in [0.05, 0.1) is 16.2 Å². The molecule has 1 amide bonds. The number of halogens is 1. The van der Waals surface area contributed by atoms with E-state index in [0.717, 1.165) is 4.57 Å². The minimum atomic E-state index is -1.14. The number of benzene rings is 1. The van der Waals surface area contributed by atoms with Crippen molar-refractivity contribution in [1.82, 2.24) is 4.57 Å². The molecule has 0 unspecified atom stereocenters. The standard InChI is InChI=1S/C15H17ClN2O4/c1-15(2,3)22-14(21)17(4)10-6-5-7-11-12(10)9(16)8-18(11)13(19)20/h5-8H,1-4H3,(H,19,20). The first-order chi connectivity index (χ1) is 10.1. The number of carbonyl (C=O) groups is 2. The Balaban J connectivity index is 2.52. The second kappa shape index (κ2) is 5.53. The molecule has 0 radical (unpaired) electrons. The van der Waals surface area contributed by atoms with E-state index in [4.69, 9.17) is 16.3 Å². The molecule has 6 nitrogen and oxygen atoms in total. The Morgan fingerprint density at radius 1 is 1.32 bits per heavy atom. The van der Waals surface area contributed by atoms with Crippen LogP contribution in [0.15, 0.2) is 24.4 Å². The van der Waals surface area contributed by atoms with Crippen molar-refractivity contribution >= 4 is 40.4 Å². The van der Waals surface area contributed by atoms with Crippen LogP contribution in [0.3, 0.4) is 0 Å². The third-order valence-corrected chi connectivity index (χ3v) is 3.28. The second-order valence-corrected chi connectivity index (χ2v) is 6.25. The van der Waals surface area contributed by atoms with Crippen LogP contribution in [-0.4, -0.2) is 34.5 Å². The predicted molar refractivity (Wildman–Crippen MR) is 85.0 cm³/mol. The topological polar surface area (TPSA) is 71.8 Å². The van der Waals surface area contributed by atoms with Gasteiger partial charge in [0, 0.05) is 18.6 Å². The fourth-order valence-corrected chi connectivity index (χ4v) is 2.38. The molecule has 2 aromatic rings. The molecule has 0 saturated heterocycles. The lowest BCUT2D eigenvalue weighted by atomic mass is 10.2. The fraction of sp³-hybridized carbons (Fsp3) is 0.333. The third-order valence-electron chi connectivity index (χ3n) is 3.00. The van der Waals surface area contributed by atoms with Gasteiger partial charge in [0.1, 0.15) is 5.60 Å². The van der Waals surface area contributed by atoms with Crippen molar-refractivity contribution in [3.63, 3.8) is 0 Å². The summed E-state index contributed by atoms with van der Waals surface area (Å²) in [5, 5.41) is 9.93. The number of hydrogen-bond acceptors (Lipinski definition) is 3. The summed E-state index contributed by atoms with van der Waals surface area (Å²) < 4.78 is 6.34. The summed E-state index contributed by atoms with van der Waals surface area (Å²) in [7, 11) is 1.55. The van der Waals surface area contributed by atoms with Gasteiger partial charge in [-0.2, -0.15) is 0 Å². The van der Waals surface area contributed by atoms with Gasteiger partial charge in [-0.05, 0) is 32.9 Å². The van der Waals surface area contributed by atoms with Crippen LogP contribution in [0.25, 0.3) is 10.9 Å². The number of rotatable bonds is 1. The van der Waals surface area contributed by atoms with Gasteiger partial charge < -0.3 is 9.84 Å². The van der Waals surface area contributed by atoms with Crippen LogP contribution in [0.2, 0.25) is 5.02 Å².